The van der Waals surface area contributed by atoms with E-state index in [2.05, 4.69) is 41.0 Å². The lowest BCUT2D eigenvalue weighted by Gasteiger charge is -2.07. The second-order valence-electron chi connectivity index (χ2n) is 9.08. The van der Waals surface area contributed by atoms with Crippen molar-refractivity contribution in [3.8, 4) is 23.0 Å². The number of nitrogens with two attached hydrogens (primary N) is 1. The summed E-state index contributed by atoms with van der Waals surface area (Å²) in [7, 11) is 0. The fourth-order valence-corrected chi connectivity index (χ4v) is 3.83. The third kappa shape index (κ3) is 13.0. The molecule has 0 aliphatic rings. The number of hydrogen-bond acceptors (Lipinski definition) is 7. The molecule has 7 nitrogen and oxygen atoms in total. The van der Waals surface area contributed by atoms with Crippen molar-refractivity contribution >= 4 is 0 Å². The Morgan fingerprint density at radius 1 is 0.486 bits per heavy atom. The zero-order valence-corrected chi connectivity index (χ0v) is 21.7. The lowest BCUT2D eigenvalue weighted by molar-refractivity contribution is 0.403. The average Bonchev–Trinajstić information content (AvgIpc) is 2.90. The minimum Gasteiger partial charge on any atom is -0.504 e. The Bertz CT molecular complexity index is 1010. The highest BCUT2D eigenvalue weighted by Gasteiger charge is 2.01. The lowest BCUT2D eigenvalue weighted by atomic mass is 10.1. The van der Waals surface area contributed by atoms with E-state index in [0.29, 0.717) is 13.0 Å². The van der Waals surface area contributed by atoms with Crippen molar-refractivity contribution in [1.29, 1.82) is 0 Å². The molecule has 0 aromatic heterocycles. The number of rotatable bonds is 15. The fourth-order valence-electron chi connectivity index (χ4n) is 3.83. The number of unbranched alkanes of at least 4 members (excludes halogenated alkanes) is 3. The van der Waals surface area contributed by atoms with Gasteiger partial charge in [0.2, 0.25) is 0 Å². The number of aromatic hydroxyl groups is 4. The Balaban J connectivity index is 0.000000364. The molecule has 0 heterocycles. The van der Waals surface area contributed by atoms with Crippen LogP contribution in [0.15, 0.2) is 66.7 Å². The summed E-state index contributed by atoms with van der Waals surface area (Å²) in [6.45, 7) is 4.63. The molecule has 0 radical (unpaired) electrons. The van der Waals surface area contributed by atoms with Gasteiger partial charge in [-0.15, -0.1) is 0 Å². The first-order valence-electron chi connectivity index (χ1n) is 13.2. The number of benzene rings is 3. The maximum absolute atomic E-state index is 9.46. The summed E-state index contributed by atoms with van der Waals surface area (Å²) in [4.78, 5) is 0. The molecular weight excluding hydrogens is 466 g/mol. The minimum atomic E-state index is -0.0919. The Kier molecular flexibility index (Phi) is 14.6. The highest BCUT2D eigenvalue weighted by Crippen LogP contribution is 2.25. The van der Waals surface area contributed by atoms with E-state index in [1.54, 1.807) is 18.2 Å². The molecule has 3 aromatic rings. The van der Waals surface area contributed by atoms with Crippen molar-refractivity contribution in [3.63, 3.8) is 0 Å². The topological polar surface area (TPSA) is 131 Å². The van der Waals surface area contributed by atoms with Gasteiger partial charge in [-0.3, -0.25) is 0 Å². The van der Waals surface area contributed by atoms with Crippen LogP contribution in [0.3, 0.4) is 0 Å². The molecule has 37 heavy (non-hydrogen) atoms. The predicted molar refractivity (Wildman–Crippen MR) is 150 cm³/mol. The molecule has 0 spiro atoms. The lowest BCUT2D eigenvalue weighted by Crippen LogP contribution is -2.19. The van der Waals surface area contributed by atoms with Crippen LogP contribution in [0.5, 0.6) is 23.0 Å². The van der Waals surface area contributed by atoms with Gasteiger partial charge in [0.15, 0.2) is 23.0 Å². The van der Waals surface area contributed by atoms with Crippen LogP contribution >= 0.6 is 0 Å². The van der Waals surface area contributed by atoms with Crippen molar-refractivity contribution in [2.75, 3.05) is 32.7 Å². The molecule has 0 fully saturated rings. The summed E-state index contributed by atoms with van der Waals surface area (Å²) in [6.07, 6.45) is 7.64. The summed E-state index contributed by atoms with van der Waals surface area (Å²) in [6, 6.07) is 20.3. The van der Waals surface area contributed by atoms with Gasteiger partial charge >= 0.3 is 0 Å². The van der Waals surface area contributed by atoms with Gasteiger partial charge in [0, 0.05) is 0 Å². The van der Waals surface area contributed by atoms with Crippen molar-refractivity contribution in [2.45, 2.75) is 44.9 Å². The Labute approximate surface area is 221 Å². The van der Waals surface area contributed by atoms with Crippen LogP contribution in [0.25, 0.3) is 0 Å². The van der Waals surface area contributed by atoms with Crippen LogP contribution in [-0.4, -0.2) is 53.1 Å². The van der Waals surface area contributed by atoms with Gasteiger partial charge in [-0.2, -0.15) is 0 Å². The highest BCUT2D eigenvalue weighted by atomic mass is 16.3. The summed E-state index contributed by atoms with van der Waals surface area (Å²) in [5, 5.41) is 43.7. The first-order chi connectivity index (χ1) is 18.0. The fraction of sp³-hybridized carbons (Fsp3) is 0.400. The maximum atomic E-state index is 9.46. The van der Waals surface area contributed by atoms with Crippen LogP contribution in [0.1, 0.15) is 42.4 Å². The molecule has 0 saturated heterocycles. The van der Waals surface area contributed by atoms with E-state index >= 15 is 0 Å². The Morgan fingerprint density at radius 3 is 1.46 bits per heavy atom. The molecular formula is C30H43N3O4. The molecule has 0 saturated carbocycles. The predicted octanol–water partition coefficient (Wildman–Crippen LogP) is 4.22. The molecule has 202 valence electrons. The summed E-state index contributed by atoms with van der Waals surface area (Å²) in [5.74, 6) is -0.280. The highest BCUT2D eigenvalue weighted by molar-refractivity contribution is 5.41. The molecule has 0 amide bonds. The quantitative estimate of drug-likeness (QED) is 0.121. The molecule has 3 aromatic carbocycles. The van der Waals surface area contributed by atoms with E-state index in [-0.39, 0.29) is 23.0 Å². The summed E-state index contributed by atoms with van der Waals surface area (Å²) >= 11 is 0. The number of phenols is 4. The smallest absolute Gasteiger partial charge is 0.157 e. The molecule has 0 atom stereocenters. The number of nitrogens with one attached hydrogen (secondary N) is 2. The number of phenolic OH excluding ortho intramolecular Hbond substituents is 4. The first kappa shape index (κ1) is 30.0. The monoisotopic (exact) mass is 509 g/mol. The van der Waals surface area contributed by atoms with Crippen LogP contribution in [-0.2, 0) is 19.3 Å². The van der Waals surface area contributed by atoms with E-state index in [1.165, 1.54) is 43.4 Å². The van der Waals surface area contributed by atoms with Crippen molar-refractivity contribution in [2.24, 2.45) is 5.73 Å². The van der Waals surface area contributed by atoms with Crippen LogP contribution < -0.4 is 16.4 Å². The van der Waals surface area contributed by atoms with Gasteiger partial charge in [-0.05, 0) is 106 Å². The molecule has 7 heteroatoms. The van der Waals surface area contributed by atoms with Gasteiger partial charge < -0.3 is 36.8 Å². The summed E-state index contributed by atoms with van der Waals surface area (Å²) < 4.78 is 0. The molecule has 0 bridgehead atoms. The maximum Gasteiger partial charge on any atom is 0.157 e. The van der Waals surface area contributed by atoms with E-state index in [1.807, 2.05) is 6.07 Å². The third-order valence-electron chi connectivity index (χ3n) is 5.99. The SMILES string of the molecule is NCCc1ccc(O)c(O)c1.Oc1ccc(CCNCCCCCCNCCc2ccccc2)cc1O. The Morgan fingerprint density at radius 2 is 0.973 bits per heavy atom. The second-order valence-corrected chi connectivity index (χ2v) is 9.08. The molecule has 0 unspecified atom stereocenters. The zero-order valence-electron chi connectivity index (χ0n) is 21.7. The Hall–Kier alpha value is -3.26. The van der Waals surface area contributed by atoms with Gasteiger partial charge in [-0.25, -0.2) is 0 Å². The summed E-state index contributed by atoms with van der Waals surface area (Å²) in [5.41, 5.74) is 8.67. The molecule has 8 N–H and O–H groups in total. The normalized spacial score (nSPS) is 10.6. The van der Waals surface area contributed by atoms with Crippen molar-refractivity contribution in [3.05, 3.63) is 83.4 Å². The van der Waals surface area contributed by atoms with Crippen LogP contribution in [0, 0.1) is 0 Å². The standard InChI is InChI=1S/C22H32N2O2.C8H11NO2/c25-21-11-10-20(18-22(21)26)13-17-24-15-7-2-1-6-14-23-16-12-19-8-4-3-5-9-19;9-4-3-6-1-2-7(10)8(11)5-6/h3-5,8-11,18,23-26H,1-2,6-7,12-17H2;1-2,5,10-11H,3-4,9H2. The van der Waals surface area contributed by atoms with Crippen LogP contribution in [0.2, 0.25) is 0 Å². The first-order valence-corrected chi connectivity index (χ1v) is 13.2. The van der Waals surface area contributed by atoms with E-state index in [9.17, 15) is 10.2 Å². The van der Waals surface area contributed by atoms with E-state index in [4.69, 9.17) is 15.9 Å². The minimum absolute atomic E-state index is 0.0418. The van der Waals surface area contributed by atoms with Crippen LogP contribution in [0.4, 0.5) is 0 Å². The second kappa shape index (κ2) is 18.1. The van der Waals surface area contributed by atoms with Gasteiger partial charge in [0.1, 0.15) is 0 Å². The third-order valence-corrected chi connectivity index (χ3v) is 5.99. The van der Waals surface area contributed by atoms with E-state index in [0.717, 1.165) is 50.1 Å². The van der Waals surface area contributed by atoms with Gasteiger partial charge in [-0.1, -0.05) is 55.3 Å². The number of hydrogen-bond donors (Lipinski definition) is 7. The molecule has 0 aliphatic heterocycles. The van der Waals surface area contributed by atoms with Gasteiger partial charge in [0.05, 0.1) is 0 Å². The van der Waals surface area contributed by atoms with Crippen molar-refractivity contribution < 1.29 is 20.4 Å². The van der Waals surface area contributed by atoms with Gasteiger partial charge in [0.25, 0.3) is 0 Å². The molecule has 3 rings (SSSR count). The average molecular weight is 510 g/mol. The largest absolute Gasteiger partial charge is 0.504 e. The zero-order chi connectivity index (χ0) is 26.7. The van der Waals surface area contributed by atoms with E-state index < -0.39 is 0 Å². The molecule has 0 aliphatic carbocycles. The van der Waals surface area contributed by atoms with Crippen molar-refractivity contribution in [1.82, 2.24) is 10.6 Å².